The molecule has 0 aliphatic heterocycles. The molecule has 0 aliphatic carbocycles. The Bertz CT molecular complexity index is 118. The summed E-state index contributed by atoms with van der Waals surface area (Å²) < 4.78 is 8.55. The van der Waals surface area contributed by atoms with Crippen molar-refractivity contribution in [3.63, 3.8) is 0 Å². The molecule has 0 amide bonds. The third-order valence-corrected chi connectivity index (χ3v) is 0. The summed E-state index contributed by atoms with van der Waals surface area (Å²) in [7, 11) is -5.39. The first-order valence-electron chi connectivity index (χ1n) is 1.34. The molecule has 0 spiro atoms. The third-order valence-electron chi connectivity index (χ3n) is 0. The van der Waals surface area contributed by atoms with Crippen molar-refractivity contribution in [2.75, 3.05) is 0 Å². The summed E-state index contributed by atoms with van der Waals surface area (Å²) in [5.74, 6) is 0. The minimum atomic E-state index is -5.39. The van der Waals surface area contributed by atoms with Crippen LogP contribution in [0.25, 0.3) is 0 Å². The molecule has 0 N–H and O–H groups in total. The van der Waals surface area contributed by atoms with Crippen LogP contribution in [0.2, 0.25) is 0 Å². The smallest absolute Gasteiger partial charge is 0.822 e. The Morgan fingerprint density at radius 2 is 0.917 bits per heavy atom. The van der Waals surface area contributed by atoms with Crippen molar-refractivity contribution in [1.29, 1.82) is 0 Å². The van der Waals surface area contributed by atoms with E-state index in [9.17, 15) is 0 Å². The van der Waals surface area contributed by atoms with E-state index in [0.717, 1.165) is 0 Å². The van der Waals surface area contributed by atoms with Gasteiger partial charge in [-0.25, -0.2) is 0 Å². The summed E-state index contributed by atoms with van der Waals surface area (Å²) in [6.45, 7) is 0. The first kappa shape index (κ1) is 29.2. The largest absolute Gasteiger partial charge is 2.00 e. The van der Waals surface area contributed by atoms with Crippen molar-refractivity contribution >= 4 is 83.1 Å². The molecule has 0 radical (unpaired) electrons. The van der Waals surface area contributed by atoms with Gasteiger partial charge in [0.05, 0.1) is 0 Å². The molecule has 0 saturated carbocycles. The zero-order valence-corrected chi connectivity index (χ0v) is 11.1. The molecule has 0 fully saturated rings. The van der Waals surface area contributed by atoms with E-state index in [1.807, 2.05) is 0 Å². The maximum absolute atomic E-state index is 8.55. The molecule has 0 rings (SSSR count). The van der Waals surface area contributed by atoms with Gasteiger partial charge in [-0.05, 0) is 6.16 Å². The molecule has 0 unspecified atom stereocenters. The second-order valence-electron chi connectivity index (χ2n) is 0.697. The predicted molar refractivity (Wildman–Crippen MR) is 30.3 cm³/mol. The average Bonchev–Trinajstić information content (AvgIpc) is 1.19. The molecule has 0 aromatic rings. The number of carboxylic acid groups (broad SMARTS) is 2. The zero-order valence-electron chi connectivity index (χ0n) is 5.93. The van der Waals surface area contributed by atoms with Crippen molar-refractivity contribution in [2.24, 2.45) is 0 Å². The third kappa shape index (κ3) is 473. The first-order chi connectivity index (χ1) is 3.73. The molecule has 11 heteroatoms. The van der Waals surface area contributed by atoms with Gasteiger partial charge in [-0.1, -0.05) is 0 Å². The molecule has 0 atom stereocenters. The van der Waals surface area contributed by atoms with Crippen molar-refractivity contribution in [1.82, 2.24) is 0 Å². The van der Waals surface area contributed by atoms with Gasteiger partial charge in [0.25, 0.3) is 0 Å². The fourth-order valence-electron chi connectivity index (χ4n) is 0. The van der Waals surface area contributed by atoms with Gasteiger partial charge >= 0.3 is 69.2 Å². The van der Waals surface area contributed by atoms with E-state index >= 15 is 0 Å². The molecule has 0 aromatic carbocycles. The van der Waals surface area contributed by atoms with E-state index in [4.69, 9.17) is 34.3 Å². The summed E-state index contributed by atoms with van der Waals surface area (Å²) in [4.78, 5) is 34.0. The molecule has 0 aromatic heterocycles. The summed E-state index contributed by atoms with van der Waals surface area (Å²) in [5, 5.41) is 16.7. The van der Waals surface area contributed by atoms with Crippen molar-refractivity contribution in [3.05, 3.63) is 0 Å². The molecule has 0 bridgehead atoms. The van der Waals surface area contributed by atoms with Crippen LogP contribution in [0, 0.1) is 0 Å². The maximum Gasteiger partial charge on any atom is 2.00 e. The molecular weight excluding hydrogens is 228 g/mol. The molecule has 56 valence electrons. The number of carbonyl (C=O) groups excluding carboxylic acids is 1. The summed E-state index contributed by atoms with van der Waals surface area (Å²) in [6, 6.07) is 0. The Labute approximate surface area is 116 Å². The second-order valence-corrected chi connectivity index (χ2v) is 1.59. The van der Waals surface area contributed by atoms with E-state index in [1.54, 1.807) is 0 Å². The van der Waals surface area contributed by atoms with Gasteiger partial charge in [0.1, 0.15) is 0 Å². The van der Waals surface area contributed by atoms with Gasteiger partial charge in [0, 0.05) is 0 Å². The minimum absolute atomic E-state index is 0. The van der Waals surface area contributed by atoms with E-state index in [1.165, 1.54) is 0 Å². The van der Waals surface area contributed by atoms with Gasteiger partial charge in [0.15, 0.2) is 0 Å². The van der Waals surface area contributed by atoms with Gasteiger partial charge in [-0.2, -0.15) is 7.82 Å². The second kappa shape index (κ2) is 15.2. The predicted octanol–water partition coefficient (Wildman–Crippen LogP) is -6.41. The molecule has 0 aliphatic rings. The van der Waals surface area contributed by atoms with Gasteiger partial charge in [-0.3, -0.25) is 0 Å². The summed E-state index contributed by atoms with van der Waals surface area (Å²) in [6.07, 6.45) is -2.33. The van der Waals surface area contributed by atoms with Crippen LogP contribution in [0.15, 0.2) is 0 Å². The standard InChI is InChI=1S/CH2O3.3Mg.H3O4P/c2-1(3)4;;;;1-5(2,3)4/h(H2,2,3,4);;;;(H3,1,2,3,4)/q;3*+2;/p-5. The Hall–Kier alpha value is 1.68. The van der Waals surface area contributed by atoms with Crippen LogP contribution in [-0.2, 0) is 4.57 Å². The fraction of sp³-hybridized carbons (Fsp3) is 0. The maximum atomic E-state index is 8.55. The molecule has 7 nitrogen and oxygen atoms in total. The van der Waals surface area contributed by atoms with Crippen molar-refractivity contribution in [3.8, 4) is 0 Å². The topological polar surface area (TPSA) is 149 Å². The molecular formula is CMg3O7P+. The van der Waals surface area contributed by atoms with Crippen LogP contribution < -0.4 is 24.9 Å². The van der Waals surface area contributed by atoms with Crippen LogP contribution >= 0.6 is 7.82 Å². The van der Waals surface area contributed by atoms with Crippen LogP contribution in [0.4, 0.5) is 4.79 Å². The quantitative estimate of drug-likeness (QED) is 0.295. The summed E-state index contributed by atoms with van der Waals surface area (Å²) in [5.41, 5.74) is 0. The Morgan fingerprint density at radius 1 is 0.917 bits per heavy atom. The Kier molecular flexibility index (Phi) is 36.9. The Balaban J connectivity index is -0.0000000221. The molecule has 12 heavy (non-hydrogen) atoms. The van der Waals surface area contributed by atoms with Crippen LogP contribution in [0.5, 0.6) is 0 Å². The zero-order chi connectivity index (χ0) is 8.08. The van der Waals surface area contributed by atoms with Gasteiger partial charge in [-0.15, -0.1) is 0 Å². The van der Waals surface area contributed by atoms with E-state index in [0.29, 0.717) is 0 Å². The number of hydrogen-bond donors (Lipinski definition) is 0. The first-order valence-corrected chi connectivity index (χ1v) is 2.80. The van der Waals surface area contributed by atoms with Gasteiger partial charge in [0.2, 0.25) is 0 Å². The molecule has 0 heterocycles. The normalized spacial score (nSPS) is 6.92. The minimum Gasteiger partial charge on any atom is -0.822 e. The van der Waals surface area contributed by atoms with Gasteiger partial charge < -0.3 is 34.3 Å². The monoisotopic (exact) mass is 227 g/mol. The SMILES string of the molecule is O=C([O-])[O-].O=P([O-])([O-])[O-].[Mg+2].[Mg+2].[Mg+2]. The van der Waals surface area contributed by atoms with E-state index in [-0.39, 0.29) is 69.2 Å². The van der Waals surface area contributed by atoms with E-state index < -0.39 is 14.0 Å². The summed E-state index contributed by atoms with van der Waals surface area (Å²) >= 11 is 0. The molecule has 0 saturated heterocycles. The van der Waals surface area contributed by atoms with E-state index in [2.05, 4.69) is 0 Å². The van der Waals surface area contributed by atoms with Crippen molar-refractivity contribution in [2.45, 2.75) is 0 Å². The number of carbonyl (C=O) groups is 1. The van der Waals surface area contributed by atoms with Crippen molar-refractivity contribution < 1.29 is 34.3 Å². The van der Waals surface area contributed by atoms with Crippen LogP contribution in [0.3, 0.4) is 0 Å². The van der Waals surface area contributed by atoms with Crippen LogP contribution in [-0.4, -0.2) is 75.3 Å². The number of hydrogen-bond acceptors (Lipinski definition) is 7. The average molecular weight is 228 g/mol. The van der Waals surface area contributed by atoms with Crippen LogP contribution in [0.1, 0.15) is 0 Å². The number of phosphoric acid groups is 1. The Morgan fingerprint density at radius 3 is 0.917 bits per heavy atom. The number of rotatable bonds is 0. The fourth-order valence-corrected chi connectivity index (χ4v) is 0.